The second-order valence-electron chi connectivity index (χ2n) is 4.28. The Balaban J connectivity index is 1.53. The molecule has 0 radical (unpaired) electrons. The van der Waals surface area contributed by atoms with Crippen LogP contribution >= 0.6 is 0 Å². The highest BCUT2D eigenvalue weighted by Crippen LogP contribution is 2.07. The van der Waals surface area contributed by atoms with Crippen molar-refractivity contribution in [2.75, 3.05) is 13.2 Å². The van der Waals surface area contributed by atoms with Gasteiger partial charge in [-0.25, -0.2) is 10.3 Å². The minimum Gasteiger partial charge on any atom is -0.491 e. The average Bonchev–Trinajstić information content (AvgIpc) is 2.54. The Bertz CT molecular complexity index is 532. The molecular formula is C16H18N2O3. The smallest absolute Gasteiger partial charge is 0.338 e. The van der Waals surface area contributed by atoms with Crippen LogP contribution < -0.4 is 15.5 Å². The number of rotatable bonds is 7. The Morgan fingerprint density at radius 3 is 2.29 bits per heavy atom. The summed E-state index contributed by atoms with van der Waals surface area (Å²) in [4.78, 5) is 16.5. The van der Waals surface area contributed by atoms with E-state index in [1.54, 1.807) is 0 Å². The van der Waals surface area contributed by atoms with E-state index in [0.29, 0.717) is 13.2 Å². The zero-order valence-electron chi connectivity index (χ0n) is 11.6. The molecule has 0 unspecified atom stereocenters. The molecule has 0 aliphatic heterocycles. The van der Waals surface area contributed by atoms with Crippen molar-refractivity contribution in [1.29, 1.82) is 0 Å². The van der Waals surface area contributed by atoms with Crippen molar-refractivity contribution in [3.8, 4) is 5.75 Å². The highest BCUT2D eigenvalue weighted by molar-refractivity contribution is 5.72. The predicted molar refractivity (Wildman–Crippen MR) is 79.7 cm³/mol. The molecule has 21 heavy (non-hydrogen) atoms. The molecule has 0 fully saturated rings. The van der Waals surface area contributed by atoms with Crippen molar-refractivity contribution in [3.63, 3.8) is 0 Å². The molecular weight excluding hydrogens is 268 g/mol. The van der Waals surface area contributed by atoms with E-state index in [2.05, 4.69) is 10.8 Å². The molecule has 2 rings (SSSR count). The number of urea groups is 1. The molecule has 2 aromatic carbocycles. The van der Waals surface area contributed by atoms with Gasteiger partial charge >= 0.3 is 6.03 Å². The number of hydroxylamine groups is 1. The van der Waals surface area contributed by atoms with Gasteiger partial charge in [-0.15, -0.1) is 0 Å². The molecule has 2 amide bonds. The van der Waals surface area contributed by atoms with E-state index in [1.165, 1.54) is 0 Å². The quantitative estimate of drug-likeness (QED) is 0.607. The van der Waals surface area contributed by atoms with E-state index in [9.17, 15) is 4.79 Å². The minimum atomic E-state index is -0.376. The lowest BCUT2D eigenvalue weighted by Gasteiger charge is -2.09. The molecule has 0 heterocycles. The number of hydrogen-bond donors (Lipinski definition) is 2. The molecule has 2 aromatic rings. The van der Waals surface area contributed by atoms with Crippen LogP contribution in [0.15, 0.2) is 60.7 Å². The van der Waals surface area contributed by atoms with Crippen molar-refractivity contribution in [2.24, 2.45) is 0 Å². The zero-order chi connectivity index (χ0) is 14.8. The molecule has 5 heteroatoms. The van der Waals surface area contributed by atoms with E-state index in [4.69, 9.17) is 9.57 Å². The molecule has 0 saturated heterocycles. The summed E-state index contributed by atoms with van der Waals surface area (Å²) < 4.78 is 5.42. The number of carbonyl (C=O) groups excluding carboxylic acids is 1. The Morgan fingerprint density at radius 1 is 0.905 bits per heavy atom. The Morgan fingerprint density at radius 2 is 1.57 bits per heavy atom. The third-order valence-corrected chi connectivity index (χ3v) is 2.66. The fourth-order valence-electron chi connectivity index (χ4n) is 1.65. The van der Waals surface area contributed by atoms with Crippen LogP contribution in [0.4, 0.5) is 4.79 Å². The molecule has 2 N–H and O–H groups in total. The lowest BCUT2D eigenvalue weighted by atomic mass is 10.2. The van der Waals surface area contributed by atoms with Crippen LogP contribution in [0.25, 0.3) is 0 Å². The fourth-order valence-corrected chi connectivity index (χ4v) is 1.65. The zero-order valence-corrected chi connectivity index (χ0v) is 11.6. The van der Waals surface area contributed by atoms with Gasteiger partial charge in [-0.2, -0.15) is 0 Å². The summed E-state index contributed by atoms with van der Waals surface area (Å²) in [6.07, 6.45) is 0. The summed E-state index contributed by atoms with van der Waals surface area (Å²) >= 11 is 0. The van der Waals surface area contributed by atoms with E-state index in [1.807, 2.05) is 60.7 Å². The fraction of sp³-hybridized carbons (Fsp3) is 0.188. The first-order chi connectivity index (χ1) is 10.3. The van der Waals surface area contributed by atoms with Crippen molar-refractivity contribution in [3.05, 3.63) is 66.2 Å². The normalized spacial score (nSPS) is 9.90. The minimum absolute atomic E-state index is 0.271. The van der Waals surface area contributed by atoms with Crippen molar-refractivity contribution < 1.29 is 14.4 Å². The van der Waals surface area contributed by atoms with Gasteiger partial charge in [-0.05, 0) is 17.7 Å². The summed E-state index contributed by atoms with van der Waals surface area (Å²) in [5, 5.41) is 2.69. The molecule has 0 aromatic heterocycles. The third-order valence-electron chi connectivity index (χ3n) is 2.66. The molecule has 5 nitrogen and oxygen atoms in total. The number of nitrogens with one attached hydrogen (secondary N) is 2. The number of ether oxygens (including phenoxy) is 1. The number of benzene rings is 2. The van der Waals surface area contributed by atoms with Gasteiger partial charge in [0.05, 0.1) is 0 Å². The van der Waals surface area contributed by atoms with E-state index in [-0.39, 0.29) is 12.6 Å². The predicted octanol–water partition coefficient (Wildman–Crippen LogP) is 2.50. The monoisotopic (exact) mass is 286 g/mol. The van der Waals surface area contributed by atoms with Crippen LogP contribution in [0.2, 0.25) is 0 Å². The number of carbonyl (C=O) groups is 1. The van der Waals surface area contributed by atoms with E-state index >= 15 is 0 Å². The molecule has 0 bridgehead atoms. The SMILES string of the molecule is O=C(NCc1ccccc1)NOCCOc1ccccc1. The van der Waals surface area contributed by atoms with Crippen LogP contribution in [0, 0.1) is 0 Å². The maximum absolute atomic E-state index is 11.5. The van der Waals surface area contributed by atoms with Gasteiger partial charge in [0.1, 0.15) is 19.0 Å². The summed E-state index contributed by atoms with van der Waals surface area (Å²) in [5.41, 5.74) is 3.34. The summed E-state index contributed by atoms with van der Waals surface area (Å²) in [6, 6.07) is 18.7. The van der Waals surface area contributed by atoms with Gasteiger partial charge in [-0.3, -0.25) is 4.84 Å². The number of hydrogen-bond acceptors (Lipinski definition) is 3. The topological polar surface area (TPSA) is 59.6 Å². The molecule has 0 saturated carbocycles. The lowest BCUT2D eigenvalue weighted by Crippen LogP contribution is -2.35. The van der Waals surface area contributed by atoms with Gasteiger partial charge in [0.2, 0.25) is 0 Å². The van der Waals surface area contributed by atoms with Crippen LogP contribution in [-0.4, -0.2) is 19.2 Å². The van der Waals surface area contributed by atoms with Crippen LogP contribution in [-0.2, 0) is 11.4 Å². The van der Waals surface area contributed by atoms with Crippen molar-refractivity contribution in [1.82, 2.24) is 10.8 Å². The standard InChI is InChI=1S/C16H18N2O3/c19-16(17-13-14-7-3-1-4-8-14)18-21-12-11-20-15-9-5-2-6-10-15/h1-10H,11-13H2,(H2,17,18,19). The molecule has 0 aliphatic rings. The maximum atomic E-state index is 11.5. The van der Waals surface area contributed by atoms with Crippen LogP contribution in [0.1, 0.15) is 5.56 Å². The molecule has 0 spiro atoms. The highest BCUT2D eigenvalue weighted by atomic mass is 16.7. The summed E-state index contributed by atoms with van der Waals surface area (Å²) in [5.74, 6) is 0.773. The molecule has 0 aliphatic carbocycles. The average molecular weight is 286 g/mol. The Kier molecular flexibility index (Phi) is 6.09. The Labute approximate surface area is 123 Å². The second kappa shape index (κ2) is 8.60. The van der Waals surface area contributed by atoms with Gasteiger partial charge < -0.3 is 10.1 Å². The first kappa shape index (κ1) is 14.9. The van der Waals surface area contributed by atoms with E-state index in [0.717, 1.165) is 11.3 Å². The largest absolute Gasteiger partial charge is 0.491 e. The van der Waals surface area contributed by atoms with Crippen molar-refractivity contribution in [2.45, 2.75) is 6.54 Å². The van der Waals surface area contributed by atoms with Gasteiger partial charge in [0.25, 0.3) is 0 Å². The number of para-hydroxylation sites is 1. The first-order valence-electron chi connectivity index (χ1n) is 6.72. The molecule has 110 valence electrons. The van der Waals surface area contributed by atoms with Gasteiger partial charge in [0, 0.05) is 6.54 Å². The lowest BCUT2D eigenvalue weighted by molar-refractivity contribution is 0.0414. The van der Waals surface area contributed by atoms with Gasteiger partial charge in [0.15, 0.2) is 0 Å². The first-order valence-corrected chi connectivity index (χ1v) is 6.72. The maximum Gasteiger partial charge on any atom is 0.338 e. The third kappa shape index (κ3) is 5.97. The number of amides is 2. The van der Waals surface area contributed by atoms with Crippen LogP contribution in [0.5, 0.6) is 5.75 Å². The van der Waals surface area contributed by atoms with E-state index < -0.39 is 0 Å². The molecule has 0 atom stereocenters. The van der Waals surface area contributed by atoms with Gasteiger partial charge in [-0.1, -0.05) is 48.5 Å². The summed E-state index contributed by atoms with van der Waals surface area (Å²) in [7, 11) is 0. The van der Waals surface area contributed by atoms with Crippen LogP contribution in [0.3, 0.4) is 0 Å². The van der Waals surface area contributed by atoms with Crippen molar-refractivity contribution >= 4 is 6.03 Å². The highest BCUT2D eigenvalue weighted by Gasteiger charge is 2.00. The second-order valence-corrected chi connectivity index (χ2v) is 4.28. The Hall–Kier alpha value is -2.53. The summed E-state index contributed by atoms with van der Waals surface area (Å²) in [6.45, 7) is 1.09.